The molecule has 0 atom stereocenters. The fourth-order valence-electron chi connectivity index (χ4n) is 2.70. The third-order valence-electron chi connectivity index (χ3n) is 3.95. The molecule has 1 fully saturated rings. The van der Waals surface area contributed by atoms with Crippen LogP contribution in [-0.2, 0) is 11.2 Å². The van der Waals surface area contributed by atoms with Crippen LogP contribution in [0.15, 0.2) is 24.3 Å². The summed E-state index contributed by atoms with van der Waals surface area (Å²) in [4.78, 5) is 14.4. The first-order valence-electron chi connectivity index (χ1n) is 7.90. The molecule has 1 saturated heterocycles. The van der Waals surface area contributed by atoms with Gasteiger partial charge >= 0.3 is 0 Å². The van der Waals surface area contributed by atoms with Crippen LogP contribution in [0.25, 0.3) is 0 Å². The molecule has 1 aromatic rings. The minimum Gasteiger partial charge on any atom is -0.497 e. The van der Waals surface area contributed by atoms with E-state index < -0.39 is 0 Å². The van der Waals surface area contributed by atoms with Gasteiger partial charge in [-0.05, 0) is 56.6 Å². The first-order chi connectivity index (χ1) is 10.3. The summed E-state index contributed by atoms with van der Waals surface area (Å²) in [5, 5.41) is 3.00. The van der Waals surface area contributed by atoms with Crippen molar-refractivity contribution in [3.63, 3.8) is 0 Å². The van der Waals surface area contributed by atoms with Crippen LogP contribution in [-0.4, -0.2) is 44.1 Å². The highest BCUT2D eigenvalue weighted by molar-refractivity contribution is 5.78. The molecule has 4 heteroatoms. The normalized spacial score (nSPS) is 15.7. The number of carbonyl (C=O) groups is 1. The molecule has 0 aliphatic carbocycles. The molecule has 0 aromatic heterocycles. The molecule has 116 valence electrons. The fraction of sp³-hybridized carbons (Fsp3) is 0.588. The van der Waals surface area contributed by atoms with E-state index in [1.807, 2.05) is 24.3 Å². The first kappa shape index (κ1) is 15.8. The minimum absolute atomic E-state index is 0.0961. The summed E-state index contributed by atoms with van der Waals surface area (Å²) >= 11 is 0. The lowest BCUT2D eigenvalue weighted by Gasteiger charge is -2.26. The van der Waals surface area contributed by atoms with Gasteiger partial charge in [0.1, 0.15) is 5.75 Å². The molecule has 1 amide bonds. The van der Waals surface area contributed by atoms with Crippen LogP contribution in [0.2, 0.25) is 0 Å². The van der Waals surface area contributed by atoms with Crippen LogP contribution < -0.4 is 10.1 Å². The molecule has 1 aromatic carbocycles. The maximum absolute atomic E-state index is 11.9. The zero-order valence-electron chi connectivity index (χ0n) is 12.9. The summed E-state index contributed by atoms with van der Waals surface area (Å²) < 4.78 is 5.11. The second-order valence-electron chi connectivity index (χ2n) is 5.63. The number of hydrogen-bond donors (Lipinski definition) is 1. The highest BCUT2D eigenvalue weighted by Gasteiger charge is 2.09. The second kappa shape index (κ2) is 8.67. The van der Waals surface area contributed by atoms with Crippen molar-refractivity contribution in [2.45, 2.75) is 32.1 Å². The molecule has 0 radical (unpaired) electrons. The van der Waals surface area contributed by atoms with Gasteiger partial charge < -0.3 is 15.0 Å². The number of benzene rings is 1. The number of piperidine rings is 1. The summed E-state index contributed by atoms with van der Waals surface area (Å²) in [5.41, 5.74) is 1.02. The van der Waals surface area contributed by atoms with Crippen molar-refractivity contribution in [2.75, 3.05) is 33.3 Å². The lowest BCUT2D eigenvalue weighted by molar-refractivity contribution is -0.120. The molecule has 1 aliphatic rings. The Bertz CT molecular complexity index is 425. The van der Waals surface area contributed by atoms with Gasteiger partial charge in [-0.3, -0.25) is 4.79 Å². The van der Waals surface area contributed by atoms with Gasteiger partial charge in [0.25, 0.3) is 0 Å². The van der Waals surface area contributed by atoms with E-state index in [0.29, 0.717) is 6.42 Å². The van der Waals surface area contributed by atoms with Crippen molar-refractivity contribution in [3.05, 3.63) is 29.8 Å². The molecular formula is C17H26N2O2. The monoisotopic (exact) mass is 290 g/mol. The fourth-order valence-corrected chi connectivity index (χ4v) is 2.70. The smallest absolute Gasteiger partial charge is 0.224 e. The van der Waals surface area contributed by atoms with E-state index >= 15 is 0 Å². The molecule has 1 heterocycles. The van der Waals surface area contributed by atoms with Gasteiger partial charge in [0.05, 0.1) is 13.5 Å². The van der Waals surface area contributed by atoms with Gasteiger partial charge in [-0.25, -0.2) is 0 Å². The average Bonchev–Trinajstić information content (AvgIpc) is 2.53. The number of nitrogens with one attached hydrogen (secondary N) is 1. The molecule has 1 aliphatic heterocycles. The number of ether oxygens (including phenoxy) is 1. The zero-order valence-corrected chi connectivity index (χ0v) is 12.9. The van der Waals surface area contributed by atoms with Gasteiger partial charge in [0.2, 0.25) is 5.91 Å². The quantitative estimate of drug-likeness (QED) is 0.783. The van der Waals surface area contributed by atoms with Gasteiger partial charge in [0, 0.05) is 6.54 Å². The van der Waals surface area contributed by atoms with Crippen LogP contribution in [0.5, 0.6) is 5.75 Å². The molecule has 0 bridgehead atoms. The van der Waals surface area contributed by atoms with Crippen LogP contribution >= 0.6 is 0 Å². The van der Waals surface area contributed by atoms with E-state index in [0.717, 1.165) is 30.8 Å². The topological polar surface area (TPSA) is 41.6 Å². The highest BCUT2D eigenvalue weighted by atomic mass is 16.5. The number of amides is 1. The molecule has 0 spiro atoms. The van der Waals surface area contributed by atoms with Crippen molar-refractivity contribution in [3.8, 4) is 5.75 Å². The Labute approximate surface area is 127 Å². The number of likely N-dealkylation sites (tertiary alicyclic amines) is 1. The summed E-state index contributed by atoms with van der Waals surface area (Å²) in [6, 6.07) is 7.65. The molecule has 1 N–H and O–H groups in total. The Hall–Kier alpha value is -1.55. The highest BCUT2D eigenvalue weighted by Crippen LogP contribution is 2.11. The predicted molar refractivity (Wildman–Crippen MR) is 84.6 cm³/mol. The summed E-state index contributed by atoms with van der Waals surface area (Å²) in [5.74, 6) is 0.916. The minimum atomic E-state index is 0.0961. The van der Waals surface area contributed by atoms with Crippen LogP contribution in [0.4, 0.5) is 0 Å². The third-order valence-corrected chi connectivity index (χ3v) is 3.95. The predicted octanol–water partition coefficient (Wildman–Crippen LogP) is 2.23. The van der Waals surface area contributed by atoms with Gasteiger partial charge in [0.15, 0.2) is 0 Å². The summed E-state index contributed by atoms with van der Waals surface area (Å²) in [6.07, 6.45) is 5.49. The van der Waals surface area contributed by atoms with Crippen molar-refractivity contribution in [1.29, 1.82) is 0 Å². The van der Waals surface area contributed by atoms with Crippen molar-refractivity contribution in [1.82, 2.24) is 10.2 Å². The van der Waals surface area contributed by atoms with Gasteiger partial charge in [-0.2, -0.15) is 0 Å². The molecule has 2 rings (SSSR count). The van der Waals surface area contributed by atoms with E-state index in [1.165, 1.54) is 32.4 Å². The number of hydrogen-bond acceptors (Lipinski definition) is 3. The Balaban J connectivity index is 1.60. The molecule has 4 nitrogen and oxygen atoms in total. The summed E-state index contributed by atoms with van der Waals surface area (Å²) in [7, 11) is 1.64. The number of rotatable bonds is 7. The molecular weight excluding hydrogens is 264 g/mol. The van der Waals surface area contributed by atoms with E-state index in [2.05, 4.69) is 10.2 Å². The number of methoxy groups -OCH3 is 1. The van der Waals surface area contributed by atoms with Crippen molar-refractivity contribution >= 4 is 5.91 Å². The van der Waals surface area contributed by atoms with E-state index in [9.17, 15) is 4.79 Å². The Morgan fingerprint density at radius 2 is 1.90 bits per heavy atom. The largest absolute Gasteiger partial charge is 0.497 e. The number of carbonyl (C=O) groups excluding carboxylic acids is 1. The second-order valence-corrected chi connectivity index (χ2v) is 5.63. The molecule has 0 saturated carbocycles. The zero-order chi connectivity index (χ0) is 14.9. The van der Waals surface area contributed by atoms with Crippen LogP contribution in [0.3, 0.4) is 0 Å². The molecule has 21 heavy (non-hydrogen) atoms. The van der Waals surface area contributed by atoms with Crippen LogP contribution in [0, 0.1) is 0 Å². The maximum atomic E-state index is 11.9. The maximum Gasteiger partial charge on any atom is 0.224 e. The lowest BCUT2D eigenvalue weighted by atomic mass is 10.1. The van der Waals surface area contributed by atoms with E-state index in [1.54, 1.807) is 7.11 Å². The van der Waals surface area contributed by atoms with Crippen molar-refractivity contribution < 1.29 is 9.53 Å². The first-order valence-corrected chi connectivity index (χ1v) is 7.90. The molecule has 0 unspecified atom stereocenters. The van der Waals surface area contributed by atoms with Crippen molar-refractivity contribution in [2.24, 2.45) is 0 Å². The lowest BCUT2D eigenvalue weighted by Crippen LogP contribution is -2.33. The van der Waals surface area contributed by atoms with Gasteiger partial charge in [-0.1, -0.05) is 18.6 Å². The average molecular weight is 290 g/mol. The standard InChI is InChI=1S/C17H26N2O2/c1-21-16-8-6-15(7-9-16)14-17(20)18-10-5-13-19-11-3-2-4-12-19/h6-9H,2-5,10-14H2,1H3,(H,18,20). The number of nitrogens with zero attached hydrogens (tertiary/aromatic N) is 1. The van der Waals surface area contributed by atoms with Crippen LogP contribution in [0.1, 0.15) is 31.2 Å². The summed E-state index contributed by atoms with van der Waals surface area (Å²) in [6.45, 7) is 4.31. The SMILES string of the molecule is COc1ccc(CC(=O)NCCCN2CCCCC2)cc1. The van der Waals surface area contributed by atoms with Gasteiger partial charge in [-0.15, -0.1) is 0 Å². The van der Waals surface area contributed by atoms with E-state index in [4.69, 9.17) is 4.74 Å². The Morgan fingerprint density at radius 1 is 1.19 bits per heavy atom. The van der Waals surface area contributed by atoms with E-state index in [-0.39, 0.29) is 5.91 Å². The Morgan fingerprint density at radius 3 is 2.57 bits per heavy atom. The third kappa shape index (κ3) is 5.76. The Kier molecular flexibility index (Phi) is 6.54.